The third-order valence-corrected chi connectivity index (χ3v) is 6.26. The number of thiocarbonyl (C=S) groups is 1. The van der Waals surface area contributed by atoms with Gasteiger partial charge >= 0.3 is 12.1 Å². The van der Waals surface area contributed by atoms with Gasteiger partial charge in [-0.25, -0.2) is 9.18 Å². The van der Waals surface area contributed by atoms with E-state index in [4.69, 9.17) is 21.7 Å². The van der Waals surface area contributed by atoms with Gasteiger partial charge in [0, 0.05) is 13.1 Å². The molecule has 1 aromatic carbocycles. The number of anilines is 2. The Kier molecular flexibility index (Phi) is 7.90. The van der Waals surface area contributed by atoms with Crippen LogP contribution in [-0.4, -0.2) is 55.9 Å². The predicted octanol–water partition coefficient (Wildman–Crippen LogP) is 2.90. The van der Waals surface area contributed by atoms with Gasteiger partial charge in [0.15, 0.2) is 5.92 Å². The molecule has 2 unspecified atom stereocenters. The average Bonchev–Trinajstić information content (AvgIpc) is 3.19. The first kappa shape index (κ1) is 25.2. The van der Waals surface area contributed by atoms with Crippen molar-refractivity contribution in [2.24, 2.45) is 11.3 Å². The highest BCUT2D eigenvalue weighted by Gasteiger charge is 2.47. The minimum Gasteiger partial charge on any atom is -0.465 e. The zero-order chi connectivity index (χ0) is 24.9. The van der Waals surface area contributed by atoms with Crippen molar-refractivity contribution in [3.8, 4) is 12.1 Å². The highest BCUT2D eigenvalue weighted by Crippen LogP contribution is 2.41. The van der Waals surface area contributed by atoms with Crippen LogP contribution in [0.3, 0.4) is 0 Å². The lowest BCUT2D eigenvalue weighted by Crippen LogP contribution is -2.46. The van der Waals surface area contributed by atoms with Crippen LogP contribution in [0.2, 0.25) is 0 Å². The van der Waals surface area contributed by atoms with Crippen LogP contribution in [-0.2, 0) is 14.3 Å². The van der Waals surface area contributed by atoms with Gasteiger partial charge in [0.2, 0.25) is 0 Å². The Balaban J connectivity index is 1.69. The number of amides is 1. The number of hydrogen-bond acceptors (Lipinski definition) is 8. The van der Waals surface area contributed by atoms with Crippen molar-refractivity contribution in [3.63, 3.8) is 0 Å². The first-order chi connectivity index (χ1) is 16.2. The molecule has 0 aliphatic carbocycles. The van der Waals surface area contributed by atoms with E-state index in [9.17, 15) is 20.1 Å². The summed E-state index contributed by atoms with van der Waals surface area (Å²) in [6, 6.07) is 8.58. The Bertz CT molecular complexity index is 1040. The van der Waals surface area contributed by atoms with Crippen LogP contribution < -0.4 is 15.1 Å². The van der Waals surface area contributed by atoms with Crippen molar-refractivity contribution in [3.05, 3.63) is 24.0 Å². The van der Waals surface area contributed by atoms with E-state index < -0.39 is 35.3 Å². The second kappa shape index (κ2) is 10.7. The van der Waals surface area contributed by atoms with Crippen LogP contribution in [0.15, 0.2) is 18.2 Å². The Labute approximate surface area is 203 Å². The van der Waals surface area contributed by atoms with Crippen molar-refractivity contribution < 1.29 is 23.5 Å². The molecule has 2 heterocycles. The van der Waals surface area contributed by atoms with Gasteiger partial charge < -0.3 is 19.7 Å². The van der Waals surface area contributed by atoms with Crippen molar-refractivity contribution in [2.75, 3.05) is 42.6 Å². The summed E-state index contributed by atoms with van der Waals surface area (Å²) >= 11 is 4.97. The monoisotopic (exact) mass is 487 g/mol. The number of cyclic esters (lactones) is 1. The van der Waals surface area contributed by atoms with Crippen LogP contribution in [0, 0.1) is 39.8 Å². The number of nitrogens with zero attached hydrogens (tertiary/aromatic N) is 4. The van der Waals surface area contributed by atoms with Gasteiger partial charge in [0.25, 0.3) is 0 Å². The molecule has 0 bridgehead atoms. The fourth-order valence-electron chi connectivity index (χ4n) is 4.26. The molecule has 2 aliphatic rings. The fourth-order valence-corrected chi connectivity index (χ4v) is 4.34. The molecule has 180 valence electrons. The first-order valence-electron chi connectivity index (χ1n) is 11.0. The van der Waals surface area contributed by atoms with E-state index in [2.05, 4.69) is 11.4 Å². The third kappa shape index (κ3) is 5.20. The second-order valence-corrected chi connectivity index (χ2v) is 8.87. The van der Waals surface area contributed by atoms with Gasteiger partial charge in [-0.3, -0.25) is 9.69 Å². The minimum atomic E-state index is -1.20. The Morgan fingerprint density at radius 3 is 2.68 bits per heavy atom. The van der Waals surface area contributed by atoms with E-state index in [0.29, 0.717) is 22.9 Å². The maximum Gasteiger partial charge on any atom is 0.414 e. The van der Waals surface area contributed by atoms with Gasteiger partial charge in [-0.05, 0) is 44.9 Å². The summed E-state index contributed by atoms with van der Waals surface area (Å²) in [5, 5.41) is 22.2. The largest absolute Gasteiger partial charge is 0.465 e. The molecule has 1 amide bonds. The van der Waals surface area contributed by atoms with Crippen LogP contribution in [0.5, 0.6) is 0 Å². The number of piperidine rings is 1. The molecule has 2 atom stereocenters. The Hall–Kier alpha value is -3.44. The van der Waals surface area contributed by atoms with Crippen molar-refractivity contribution in [1.29, 1.82) is 10.5 Å². The third-order valence-electron chi connectivity index (χ3n) is 6.12. The predicted molar refractivity (Wildman–Crippen MR) is 126 cm³/mol. The highest BCUT2D eigenvalue weighted by molar-refractivity contribution is 7.80. The van der Waals surface area contributed by atoms with E-state index in [1.54, 1.807) is 30.9 Å². The molecule has 2 saturated heterocycles. The van der Waals surface area contributed by atoms with Crippen LogP contribution >= 0.6 is 12.2 Å². The van der Waals surface area contributed by atoms with Gasteiger partial charge in [-0.1, -0.05) is 12.2 Å². The number of hydrogen-bond donors (Lipinski definition) is 1. The smallest absolute Gasteiger partial charge is 0.414 e. The number of carbonyl (C=O) groups is 2. The van der Waals surface area contributed by atoms with Gasteiger partial charge in [-0.15, -0.1) is 0 Å². The van der Waals surface area contributed by atoms with Crippen molar-refractivity contribution in [1.82, 2.24) is 5.32 Å². The number of esters is 1. The lowest BCUT2D eigenvalue weighted by atomic mass is 9.70. The molecular formula is C23H26FN5O4S. The Morgan fingerprint density at radius 1 is 1.41 bits per heavy atom. The lowest BCUT2D eigenvalue weighted by Gasteiger charge is -2.39. The van der Waals surface area contributed by atoms with Crippen molar-refractivity contribution >= 4 is 40.6 Å². The number of benzene rings is 1. The number of rotatable bonds is 7. The molecular weight excluding hydrogens is 461 g/mol. The lowest BCUT2D eigenvalue weighted by molar-refractivity contribution is -0.149. The van der Waals surface area contributed by atoms with Gasteiger partial charge in [-0.2, -0.15) is 10.5 Å². The molecule has 9 nitrogen and oxygen atoms in total. The molecule has 1 N–H and O–H groups in total. The standard InChI is InChI=1S/C23H26FN5O4S/c1-3-32-21(30)18(11-25)23(14-26)6-8-28(9-7-23)20-5-4-16(10-19(20)24)29-13-17(33-22(29)31)12-27-15(2)34/h4-5,10,17-18H,3,6-9,12-13H2,1-2H3,(H,27,34). The molecule has 0 radical (unpaired) electrons. The minimum absolute atomic E-state index is 0.121. The van der Waals surface area contributed by atoms with E-state index in [-0.39, 0.29) is 39.1 Å². The SMILES string of the molecule is CCOC(=O)C(C#N)C1(C#N)CCN(c2ccc(N3CC(CNC(C)=S)OC3=O)cc2F)CC1. The molecule has 2 aliphatic heterocycles. The van der Waals surface area contributed by atoms with Gasteiger partial charge in [0.05, 0.1) is 53.6 Å². The molecule has 11 heteroatoms. The fraction of sp³-hybridized carbons (Fsp3) is 0.522. The zero-order valence-corrected chi connectivity index (χ0v) is 19.9. The normalized spacial score (nSPS) is 20.0. The highest BCUT2D eigenvalue weighted by atomic mass is 32.1. The van der Waals surface area contributed by atoms with E-state index in [1.807, 2.05) is 6.07 Å². The molecule has 0 saturated carbocycles. The molecule has 3 rings (SSSR count). The number of carbonyl (C=O) groups excluding carboxylic acids is 2. The zero-order valence-electron chi connectivity index (χ0n) is 19.0. The number of nitriles is 2. The summed E-state index contributed by atoms with van der Waals surface area (Å²) in [6.07, 6.45) is -0.524. The van der Waals surface area contributed by atoms with E-state index in [0.717, 1.165) is 0 Å². The van der Waals surface area contributed by atoms with E-state index in [1.165, 1.54) is 11.0 Å². The van der Waals surface area contributed by atoms with Gasteiger partial charge in [0.1, 0.15) is 11.9 Å². The van der Waals surface area contributed by atoms with Crippen LogP contribution in [0.1, 0.15) is 26.7 Å². The van der Waals surface area contributed by atoms with E-state index >= 15 is 4.39 Å². The molecule has 2 fully saturated rings. The molecule has 0 aromatic heterocycles. The maximum absolute atomic E-state index is 15.1. The second-order valence-electron chi connectivity index (χ2n) is 8.26. The number of nitrogens with one attached hydrogen (secondary N) is 1. The maximum atomic E-state index is 15.1. The number of halogens is 1. The summed E-state index contributed by atoms with van der Waals surface area (Å²) in [5.41, 5.74) is -0.484. The summed E-state index contributed by atoms with van der Waals surface area (Å²) in [4.78, 5) is 28.2. The van der Waals surface area contributed by atoms with Crippen LogP contribution in [0.4, 0.5) is 20.6 Å². The molecule has 0 spiro atoms. The first-order valence-corrected chi connectivity index (χ1v) is 11.4. The average molecular weight is 488 g/mol. The molecule has 34 heavy (non-hydrogen) atoms. The Morgan fingerprint density at radius 2 is 2.12 bits per heavy atom. The number of ether oxygens (including phenoxy) is 2. The summed E-state index contributed by atoms with van der Waals surface area (Å²) in [7, 11) is 0. The summed E-state index contributed by atoms with van der Waals surface area (Å²) in [5.74, 6) is -2.42. The summed E-state index contributed by atoms with van der Waals surface area (Å²) < 4.78 is 25.3. The quantitative estimate of drug-likeness (QED) is 0.457. The topological polar surface area (TPSA) is 119 Å². The molecule has 1 aromatic rings. The summed E-state index contributed by atoms with van der Waals surface area (Å²) in [6.45, 7) is 4.72. The van der Waals surface area contributed by atoms with Crippen LogP contribution in [0.25, 0.3) is 0 Å². The van der Waals surface area contributed by atoms with Crippen molar-refractivity contribution in [2.45, 2.75) is 32.8 Å².